The third-order valence-electron chi connectivity index (χ3n) is 3.08. The lowest BCUT2D eigenvalue weighted by Gasteiger charge is -2.28. The summed E-state index contributed by atoms with van der Waals surface area (Å²) in [6.45, 7) is 12.2. The second-order valence-corrected chi connectivity index (χ2v) is 4.93. The summed E-state index contributed by atoms with van der Waals surface area (Å²) in [4.78, 5) is 2.55. The van der Waals surface area contributed by atoms with E-state index in [1.165, 1.54) is 32.4 Å². The Balaban J connectivity index is 2.08. The van der Waals surface area contributed by atoms with Crippen molar-refractivity contribution in [3.05, 3.63) is 0 Å². The molecule has 1 unspecified atom stereocenters. The van der Waals surface area contributed by atoms with Crippen molar-refractivity contribution in [3.63, 3.8) is 0 Å². The highest BCUT2D eigenvalue weighted by Gasteiger charge is 2.12. The van der Waals surface area contributed by atoms with Crippen LogP contribution in [-0.2, 0) is 4.74 Å². The van der Waals surface area contributed by atoms with Gasteiger partial charge in [0.1, 0.15) is 0 Å². The molecule has 0 aromatic heterocycles. The van der Waals surface area contributed by atoms with Gasteiger partial charge in [0.05, 0.1) is 6.61 Å². The van der Waals surface area contributed by atoms with Crippen molar-refractivity contribution >= 4 is 0 Å². The molecule has 1 heterocycles. The molecule has 1 atom stereocenters. The zero-order valence-electron chi connectivity index (χ0n) is 11.0. The molecule has 1 N–H and O–H groups in total. The van der Waals surface area contributed by atoms with Crippen LogP contribution in [0.2, 0.25) is 0 Å². The van der Waals surface area contributed by atoms with Crippen LogP contribution < -0.4 is 5.32 Å². The number of hydrogen-bond acceptors (Lipinski definition) is 3. The number of nitrogens with one attached hydrogen (secondary N) is 1. The number of ether oxygens (including phenoxy) is 1. The first-order chi connectivity index (χ1) is 7.83. The Hall–Kier alpha value is -0.120. The summed E-state index contributed by atoms with van der Waals surface area (Å²) in [5.74, 6) is 0.760. The SMILES string of the molecule is CCCCOCCN1CCCNCC(C)C1. The lowest BCUT2D eigenvalue weighted by Crippen LogP contribution is -2.40. The molecule has 1 aliphatic rings. The molecule has 0 amide bonds. The molecule has 16 heavy (non-hydrogen) atoms. The predicted octanol–water partition coefficient (Wildman–Crippen LogP) is 1.73. The molecule has 3 heteroatoms. The summed E-state index contributed by atoms with van der Waals surface area (Å²) < 4.78 is 5.63. The van der Waals surface area contributed by atoms with Crippen LogP contribution in [0.15, 0.2) is 0 Å². The number of rotatable bonds is 6. The van der Waals surface area contributed by atoms with Gasteiger partial charge in [-0.15, -0.1) is 0 Å². The van der Waals surface area contributed by atoms with Gasteiger partial charge >= 0.3 is 0 Å². The van der Waals surface area contributed by atoms with Crippen LogP contribution >= 0.6 is 0 Å². The van der Waals surface area contributed by atoms with Gasteiger partial charge in [0.25, 0.3) is 0 Å². The highest BCUT2D eigenvalue weighted by atomic mass is 16.5. The van der Waals surface area contributed by atoms with Crippen molar-refractivity contribution in [2.45, 2.75) is 33.1 Å². The fourth-order valence-corrected chi connectivity index (χ4v) is 2.12. The van der Waals surface area contributed by atoms with E-state index >= 15 is 0 Å². The Labute approximate surface area is 101 Å². The lowest BCUT2D eigenvalue weighted by molar-refractivity contribution is 0.0936. The van der Waals surface area contributed by atoms with Crippen LogP contribution in [0.4, 0.5) is 0 Å². The van der Waals surface area contributed by atoms with Gasteiger partial charge < -0.3 is 15.0 Å². The topological polar surface area (TPSA) is 24.5 Å². The maximum atomic E-state index is 5.63. The number of hydrogen-bond donors (Lipinski definition) is 1. The molecule has 0 aromatic carbocycles. The second-order valence-electron chi connectivity index (χ2n) is 4.93. The molecule has 0 aromatic rings. The second kappa shape index (κ2) is 8.97. The molecule has 0 radical (unpaired) electrons. The molecule has 1 aliphatic heterocycles. The van der Waals surface area contributed by atoms with E-state index in [9.17, 15) is 0 Å². The third kappa shape index (κ3) is 6.46. The van der Waals surface area contributed by atoms with Gasteiger partial charge in [-0.25, -0.2) is 0 Å². The zero-order chi connectivity index (χ0) is 11.6. The van der Waals surface area contributed by atoms with Gasteiger partial charge in [-0.2, -0.15) is 0 Å². The van der Waals surface area contributed by atoms with Gasteiger partial charge in [0.2, 0.25) is 0 Å². The monoisotopic (exact) mass is 228 g/mol. The van der Waals surface area contributed by atoms with Crippen molar-refractivity contribution in [2.24, 2.45) is 5.92 Å². The Morgan fingerprint density at radius 1 is 1.38 bits per heavy atom. The van der Waals surface area contributed by atoms with Crippen LogP contribution in [0.1, 0.15) is 33.1 Å². The molecule has 1 rings (SSSR count). The van der Waals surface area contributed by atoms with E-state index in [-0.39, 0.29) is 0 Å². The first-order valence-corrected chi connectivity index (χ1v) is 6.83. The van der Waals surface area contributed by atoms with Crippen LogP contribution in [-0.4, -0.2) is 50.8 Å². The molecule has 0 saturated carbocycles. The summed E-state index contributed by atoms with van der Waals surface area (Å²) in [6, 6.07) is 0. The smallest absolute Gasteiger partial charge is 0.0593 e. The summed E-state index contributed by atoms with van der Waals surface area (Å²) in [5, 5.41) is 3.48. The summed E-state index contributed by atoms with van der Waals surface area (Å²) in [5.41, 5.74) is 0. The average molecular weight is 228 g/mol. The fourth-order valence-electron chi connectivity index (χ4n) is 2.12. The van der Waals surface area contributed by atoms with Crippen LogP contribution in [0, 0.1) is 5.92 Å². The van der Waals surface area contributed by atoms with Crippen molar-refractivity contribution in [1.82, 2.24) is 10.2 Å². The van der Waals surface area contributed by atoms with Crippen molar-refractivity contribution in [3.8, 4) is 0 Å². The zero-order valence-corrected chi connectivity index (χ0v) is 11.0. The largest absolute Gasteiger partial charge is 0.380 e. The van der Waals surface area contributed by atoms with Crippen LogP contribution in [0.3, 0.4) is 0 Å². The highest BCUT2D eigenvalue weighted by Crippen LogP contribution is 2.03. The van der Waals surface area contributed by atoms with E-state index in [1.807, 2.05) is 0 Å². The van der Waals surface area contributed by atoms with E-state index in [0.29, 0.717) is 0 Å². The summed E-state index contributed by atoms with van der Waals surface area (Å²) in [7, 11) is 0. The Morgan fingerprint density at radius 2 is 2.25 bits per heavy atom. The Morgan fingerprint density at radius 3 is 3.06 bits per heavy atom. The molecule has 96 valence electrons. The van der Waals surface area contributed by atoms with Crippen molar-refractivity contribution < 1.29 is 4.74 Å². The number of nitrogens with zero attached hydrogens (tertiary/aromatic N) is 1. The fraction of sp³-hybridized carbons (Fsp3) is 1.00. The van der Waals surface area contributed by atoms with Crippen LogP contribution in [0.5, 0.6) is 0 Å². The molecule has 0 spiro atoms. The minimum absolute atomic E-state index is 0.760. The minimum Gasteiger partial charge on any atom is -0.380 e. The average Bonchev–Trinajstić information content (AvgIpc) is 2.24. The first kappa shape index (κ1) is 13.9. The van der Waals surface area contributed by atoms with E-state index in [2.05, 4.69) is 24.1 Å². The van der Waals surface area contributed by atoms with Gasteiger partial charge in [0.15, 0.2) is 0 Å². The quantitative estimate of drug-likeness (QED) is 0.701. The van der Waals surface area contributed by atoms with Crippen molar-refractivity contribution in [2.75, 3.05) is 45.9 Å². The number of unbranched alkanes of at least 4 members (excludes halogenated alkanes) is 1. The van der Waals surface area contributed by atoms with E-state index in [0.717, 1.165) is 38.8 Å². The molecule has 1 fully saturated rings. The first-order valence-electron chi connectivity index (χ1n) is 6.83. The van der Waals surface area contributed by atoms with Crippen LogP contribution in [0.25, 0.3) is 0 Å². The van der Waals surface area contributed by atoms with Gasteiger partial charge in [0, 0.05) is 19.7 Å². The molecule has 0 aliphatic carbocycles. The standard InChI is InChI=1S/C13H28N2O/c1-3-4-9-16-10-8-15-7-5-6-14-11-13(2)12-15/h13-14H,3-12H2,1-2H3. The van der Waals surface area contributed by atoms with Gasteiger partial charge in [-0.1, -0.05) is 20.3 Å². The minimum atomic E-state index is 0.760. The molecule has 3 nitrogen and oxygen atoms in total. The lowest BCUT2D eigenvalue weighted by atomic mass is 10.1. The highest BCUT2D eigenvalue weighted by molar-refractivity contribution is 4.69. The third-order valence-corrected chi connectivity index (χ3v) is 3.08. The van der Waals surface area contributed by atoms with E-state index < -0.39 is 0 Å². The van der Waals surface area contributed by atoms with Gasteiger partial charge in [-0.05, 0) is 38.4 Å². The summed E-state index contributed by atoms with van der Waals surface area (Å²) in [6.07, 6.45) is 3.69. The van der Waals surface area contributed by atoms with Gasteiger partial charge in [-0.3, -0.25) is 0 Å². The molecule has 0 bridgehead atoms. The Bertz CT molecular complexity index is 164. The molecule has 1 saturated heterocycles. The maximum Gasteiger partial charge on any atom is 0.0593 e. The van der Waals surface area contributed by atoms with E-state index in [1.54, 1.807) is 0 Å². The molecular formula is C13H28N2O. The molecular weight excluding hydrogens is 200 g/mol. The van der Waals surface area contributed by atoms with E-state index in [4.69, 9.17) is 4.74 Å². The maximum absolute atomic E-state index is 5.63. The summed E-state index contributed by atoms with van der Waals surface area (Å²) >= 11 is 0. The predicted molar refractivity (Wildman–Crippen MR) is 68.8 cm³/mol. The normalized spacial score (nSPS) is 24.0. The Kier molecular flexibility index (Phi) is 7.81. The van der Waals surface area contributed by atoms with Crippen molar-refractivity contribution in [1.29, 1.82) is 0 Å².